The van der Waals surface area contributed by atoms with Gasteiger partial charge in [0.15, 0.2) is 0 Å². The predicted octanol–water partition coefficient (Wildman–Crippen LogP) is 4.29. The molecule has 0 fully saturated rings. The molecule has 3 rings (SSSR count). The van der Waals surface area contributed by atoms with E-state index in [0.717, 1.165) is 16.5 Å². The lowest BCUT2D eigenvalue weighted by Gasteiger charge is -2.27. The third-order valence-corrected chi connectivity index (χ3v) is 3.93. The minimum Gasteiger partial charge on any atom is -0.332 e. The molecule has 0 saturated carbocycles. The molecule has 0 N–H and O–H groups in total. The third-order valence-electron chi connectivity index (χ3n) is 3.93. The van der Waals surface area contributed by atoms with Crippen LogP contribution in [0.5, 0.6) is 0 Å². The Kier molecular flexibility index (Phi) is 4.38. The Balaban J connectivity index is 1.90. The Morgan fingerprint density at radius 2 is 1.83 bits per heavy atom. The Labute approximate surface area is 136 Å². The van der Waals surface area contributed by atoms with E-state index in [-0.39, 0.29) is 11.9 Å². The second-order valence-corrected chi connectivity index (χ2v) is 5.92. The van der Waals surface area contributed by atoms with Gasteiger partial charge < -0.3 is 4.90 Å². The van der Waals surface area contributed by atoms with Gasteiger partial charge in [0.25, 0.3) is 5.91 Å². The highest BCUT2D eigenvalue weighted by atomic mass is 16.2. The number of aromatic nitrogens is 1. The standard InChI is InChI=1S/C20H20N2O/c1-15(2)22(14-16-7-4-3-5-8-16)20(23)18-10-11-19-17(13-18)9-6-12-21-19/h3-13,15H,14H2,1-2H3. The number of benzene rings is 2. The summed E-state index contributed by atoms with van der Waals surface area (Å²) in [5.41, 5.74) is 2.75. The molecule has 3 aromatic rings. The summed E-state index contributed by atoms with van der Waals surface area (Å²) < 4.78 is 0. The normalized spacial score (nSPS) is 10.9. The van der Waals surface area contributed by atoms with E-state index in [4.69, 9.17) is 0 Å². The van der Waals surface area contributed by atoms with Crippen molar-refractivity contribution in [2.24, 2.45) is 0 Å². The molecule has 0 aliphatic carbocycles. The Morgan fingerprint density at radius 3 is 2.57 bits per heavy atom. The fraction of sp³-hybridized carbons (Fsp3) is 0.200. The maximum Gasteiger partial charge on any atom is 0.254 e. The summed E-state index contributed by atoms with van der Waals surface area (Å²) in [6, 6.07) is 19.8. The quantitative estimate of drug-likeness (QED) is 0.720. The summed E-state index contributed by atoms with van der Waals surface area (Å²) in [5.74, 6) is 0.0506. The monoisotopic (exact) mass is 304 g/mol. The SMILES string of the molecule is CC(C)N(Cc1ccccc1)C(=O)c1ccc2ncccc2c1. The van der Waals surface area contributed by atoms with E-state index in [1.54, 1.807) is 6.20 Å². The van der Waals surface area contributed by atoms with E-state index < -0.39 is 0 Å². The van der Waals surface area contributed by atoms with Gasteiger partial charge in [-0.1, -0.05) is 36.4 Å². The molecule has 116 valence electrons. The number of pyridine rings is 1. The number of nitrogens with zero attached hydrogens (tertiary/aromatic N) is 2. The van der Waals surface area contributed by atoms with E-state index in [0.29, 0.717) is 12.1 Å². The first-order valence-electron chi connectivity index (χ1n) is 7.85. The second kappa shape index (κ2) is 6.61. The average Bonchev–Trinajstić information content (AvgIpc) is 2.59. The number of hydrogen-bond acceptors (Lipinski definition) is 2. The van der Waals surface area contributed by atoms with Gasteiger partial charge in [0, 0.05) is 29.7 Å². The molecular formula is C20H20N2O. The highest BCUT2D eigenvalue weighted by Crippen LogP contribution is 2.17. The van der Waals surface area contributed by atoms with Crippen LogP contribution in [0.3, 0.4) is 0 Å². The van der Waals surface area contributed by atoms with Gasteiger partial charge in [-0.05, 0) is 43.7 Å². The molecule has 0 radical (unpaired) electrons. The fourth-order valence-electron chi connectivity index (χ4n) is 2.64. The first-order valence-corrected chi connectivity index (χ1v) is 7.85. The van der Waals surface area contributed by atoms with Crippen molar-refractivity contribution < 1.29 is 4.79 Å². The van der Waals surface area contributed by atoms with Crippen LogP contribution >= 0.6 is 0 Å². The molecule has 1 aromatic heterocycles. The summed E-state index contributed by atoms with van der Waals surface area (Å²) in [7, 11) is 0. The zero-order valence-corrected chi connectivity index (χ0v) is 13.4. The third kappa shape index (κ3) is 3.39. The number of carbonyl (C=O) groups excluding carboxylic acids is 1. The van der Waals surface area contributed by atoms with Gasteiger partial charge in [0.1, 0.15) is 0 Å². The van der Waals surface area contributed by atoms with E-state index in [9.17, 15) is 4.79 Å². The minimum atomic E-state index is 0.0506. The molecule has 0 unspecified atom stereocenters. The summed E-state index contributed by atoms with van der Waals surface area (Å²) in [5, 5.41) is 0.988. The second-order valence-electron chi connectivity index (χ2n) is 5.92. The largest absolute Gasteiger partial charge is 0.332 e. The summed E-state index contributed by atoms with van der Waals surface area (Å²) in [4.78, 5) is 19.1. The summed E-state index contributed by atoms with van der Waals surface area (Å²) >= 11 is 0. The molecule has 0 spiro atoms. The number of hydrogen-bond donors (Lipinski definition) is 0. The Bertz CT molecular complexity index is 812. The van der Waals surface area contributed by atoms with Crippen LogP contribution in [0.4, 0.5) is 0 Å². The number of carbonyl (C=O) groups is 1. The lowest BCUT2D eigenvalue weighted by molar-refractivity contribution is 0.0690. The van der Waals surface area contributed by atoms with Crippen LogP contribution in [-0.4, -0.2) is 21.8 Å². The van der Waals surface area contributed by atoms with Crippen molar-refractivity contribution in [2.45, 2.75) is 26.4 Å². The molecule has 3 nitrogen and oxygen atoms in total. The van der Waals surface area contributed by atoms with Gasteiger partial charge >= 0.3 is 0 Å². The van der Waals surface area contributed by atoms with Crippen molar-refractivity contribution in [2.75, 3.05) is 0 Å². The minimum absolute atomic E-state index is 0.0506. The first-order chi connectivity index (χ1) is 11.1. The van der Waals surface area contributed by atoms with Crippen LogP contribution in [-0.2, 0) is 6.54 Å². The van der Waals surface area contributed by atoms with Crippen LogP contribution in [0, 0.1) is 0 Å². The topological polar surface area (TPSA) is 33.2 Å². The van der Waals surface area contributed by atoms with Crippen LogP contribution in [0.15, 0.2) is 66.9 Å². The van der Waals surface area contributed by atoms with Gasteiger partial charge in [0.05, 0.1) is 5.52 Å². The molecule has 0 saturated heterocycles. The highest BCUT2D eigenvalue weighted by molar-refractivity contribution is 5.98. The van der Waals surface area contributed by atoms with E-state index in [1.807, 2.05) is 79.4 Å². The number of rotatable bonds is 4. The van der Waals surface area contributed by atoms with Crippen LogP contribution < -0.4 is 0 Å². The van der Waals surface area contributed by atoms with Crippen molar-refractivity contribution in [3.8, 4) is 0 Å². The van der Waals surface area contributed by atoms with Crippen molar-refractivity contribution in [1.29, 1.82) is 0 Å². The van der Waals surface area contributed by atoms with Gasteiger partial charge in [0.2, 0.25) is 0 Å². The zero-order valence-electron chi connectivity index (χ0n) is 13.4. The van der Waals surface area contributed by atoms with Crippen molar-refractivity contribution in [3.63, 3.8) is 0 Å². The lowest BCUT2D eigenvalue weighted by Crippen LogP contribution is -2.36. The first kappa shape index (κ1) is 15.2. The smallest absolute Gasteiger partial charge is 0.254 e. The number of fused-ring (bicyclic) bond motifs is 1. The van der Waals surface area contributed by atoms with Crippen LogP contribution in [0.25, 0.3) is 10.9 Å². The summed E-state index contributed by atoms with van der Waals surface area (Å²) in [6.45, 7) is 4.70. The lowest BCUT2D eigenvalue weighted by atomic mass is 10.1. The predicted molar refractivity (Wildman–Crippen MR) is 93.2 cm³/mol. The maximum absolute atomic E-state index is 12.9. The molecule has 0 aliphatic heterocycles. The van der Waals surface area contributed by atoms with E-state index >= 15 is 0 Å². The van der Waals surface area contributed by atoms with E-state index in [1.165, 1.54) is 0 Å². The fourth-order valence-corrected chi connectivity index (χ4v) is 2.64. The van der Waals surface area contributed by atoms with Gasteiger partial charge in [-0.25, -0.2) is 0 Å². The van der Waals surface area contributed by atoms with Crippen LogP contribution in [0.2, 0.25) is 0 Å². The molecule has 1 amide bonds. The number of amides is 1. The Morgan fingerprint density at radius 1 is 1.04 bits per heavy atom. The average molecular weight is 304 g/mol. The van der Waals surface area contributed by atoms with E-state index in [2.05, 4.69) is 4.98 Å². The molecule has 3 heteroatoms. The maximum atomic E-state index is 12.9. The van der Waals surface area contributed by atoms with Crippen molar-refractivity contribution in [1.82, 2.24) is 9.88 Å². The van der Waals surface area contributed by atoms with Crippen molar-refractivity contribution in [3.05, 3.63) is 78.0 Å². The molecule has 2 aromatic carbocycles. The van der Waals surface area contributed by atoms with Crippen molar-refractivity contribution >= 4 is 16.8 Å². The van der Waals surface area contributed by atoms with Gasteiger partial charge in [-0.15, -0.1) is 0 Å². The zero-order chi connectivity index (χ0) is 16.2. The molecule has 1 heterocycles. The highest BCUT2D eigenvalue weighted by Gasteiger charge is 2.19. The molecule has 0 bridgehead atoms. The summed E-state index contributed by atoms with van der Waals surface area (Å²) in [6.07, 6.45) is 1.76. The molecule has 0 atom stereocenters. The van der Waals surface area contributed by atoms with Gasteiger partial charge in [-0.3, -0.25) is 9.78 Å². The van der Waals surface area contributed by atoms with Crippen LogP contribution in [0.1, 0.15) is 29.8 Å². The molecule has 23 heavy (non-hydrogen) atoms. The molecular weight excluding hydrogens is 284 g/mol. The Hall–Kier alpha value is -2.68. The molecule has 0 aliphatic rings. The van der Waals surface area contributed by atoms with Gasteiger partial charge in [-0.2, -0.15) is 0 Å².